The van der Waals surface area contributed by atoms with Crippen molar-refractivity contribution in [1.82, 2.24) is 5.32 Å². The zero-order valence-electron chi connectivity index (χ0n) is 11.9. The fourth-order valence-corrected chi connectivity index (χ4v) is 2.45. The van der Waals surface area contributed by atoms with Crippen LogP contribution in [0.4, 0.5) is 0 Å². The minimum atomic E-state index is 0.640. The van der Waals surface area contributed by atoms with Crippen LogP contribution in [0.5, 0.6) is 5.75 Å². The van der Waals surface area contributed by atoms with E-state index in [-0.39, 0.29) is 0 Å². The third kappa shape index (κ3) is 3.53. The van der Waals surface area contributed by atoms with E-state index < -0.39 is 0 Å². The van der Waals surface area contributed by atoms with Crippen LogP contribution in [0.3, 0.4) is 0 Å². The van der Waals surface area contributed by atoms with Crippen LogP contribution < -0.4 is 10.1 Å². The molecule has 2 aromatic carbocycles. The Bertz CT molecular complexity index is 569. The molecule has 0 aliphatic carbocycles. The summed E-state index contributed by atoms with van der Waals surface area (Å²) in [5, 5.41) is 4.08. The largest absolute Gasteiger partial charge is 0.495 e. The van der Waals surface area contributed by atoms with Crippen molar-refractivity contribution in [3.63, 3.8) is 0 Å². The van der Waals surface area contributed by atoms with Gasteiger partial charge in [0.25, 0.3) is 0 Å². The Balaban J connectivity index is 2.29. The first-order valence-corrected chi connectivity index (χ1v) is 7.26. The van der Waals surface area contributed by atoms with Crippen molar-refractivity contribution in [3.05, 3.63) is 53.1 Å². The smallest absolute Gasteiger partial charge is 0.137 e. The SMILES string of the molecule is CCCNCc1ccccc1-c1ccc(OC)c(Cl)c1. The lowest BCUT2D eigenvalue weighted by atomic mass is 9.99. The van der Waals surface area contributed by atoms with E-state index in [1.165, 1.54) is 11.1 Å². The molecule has 0 spiro atoms. The van der Waals surface area contributed by atoms with Crippen LogP contribution in [-0.4, -0.2) is 13.7 Å². The molecule has 2 aromatic rings. The minimum absolute atomic E-state index is 0.640. The first-order chi connectivity index (χ1) is 9.76. The number of benzene rings is 2. The lowest BCUT2D eigenvalue weighted by Crippen LogP contribution is -2.14. The number of halogens is 1. The van der Waals surface area contributed by atoms with Gasteiger partial charge in [0.05, 0.1) is 12.1 Å². The molecule has 0 fully saturated rings. The van der Waals surface area contributed by atoms with Crippen LogP contribution in [0.15, 0.2) is 42.5 Å². The van der Waals surface area contributed by atoms with Gasteiger partial charge in [0.2, 0.25) is 0 Å². The monoisotopic (exact) mass is 289 g/mol. The molecule has 106 valence electrons. The molecule has 0 unspecified atom stereocenters. The molecule has 20 heavy (non-hydrogen) atoms. The Hall–Kier alpha value is -1.51. The first-order valence-electron chi connectivity index (χ1n) is 6.88. The van der Waals surface area contributed by atoms with Gasteiger partial charge in [-0.3, -0.25) is 0 Å². The molecule has 0 saturated heterocycles. The molecular weight excluding hydrogens is 270 g/mol. The molecule has 0 amide bonds. The maximum Gasteiger partial charge on any atom is 0.137 e. The Labute approximate surface area is 125 Å². The van der Waals surface area contributed by atoms with Gasteiger partial charge in [-0.2, -0.15) is 0 Å². The molecule has 0 aromatic heterocycles. The van der Waals surface area contributed by atoms with Crippen LogP contribution in [0.2, 0.25) is 5.02 Å². The van der Waals surface area contributed by atoms with Crippen LogP contribution in [0.25, 0.3) is 11.1 Å². The van der Waals surface area contributed by atoms with Gasteiger partial charge in [0, 0.05) is 6.54 Å². The van der Waals surface area contributed by atoms with E-state index in [0.29, 0.717) is 10.8 Å². The lowest BCUT2D eigenvalue weighted by molar-refractivity contribution is 0.415. The molecule has 0 aliphatic heterocycles. The summed E-state index contributed by atoms with van der Waals surface area (Å²) in [5.41, 5.74) is 3.60. The van der Waals surface area contributed by atoms with Gasteiger partial charge in [-0.05, 0) is 41.8 Å². The average Bonchev–Trinajstić information content (AvgIpc) is 2.48. The summed E-state index contributed by atoms with van der Waals surface area (Å²) < 4.78 is 5.20. The number of ether oxygens (including phenoxy) is 1. The molecule has 0 saturated carbocycles. The van der Waals surface area contributed by atoms with Gasteiger partial charge >= 0.3 is 0 Å². The van der Waals surface area contributed by atoms with Crippen molar-refractivity contribution in [2.24, 2.45) is 0 Å². The molecule has 0 heterocycles. The van der Waals surface area contributed by atoms with Crippen LogP contribution in [0.1, 0.15) is 18.9 Å². The van der Waals surface area contributed by atoms with Crippen LogP contribution >= 0.6 is 11.6 Å². The minimum Gasteiger partial charge on any atom is -0.495 e. The summed E-state index contributed by atoms with van der Waals surface area (Å²) in [7, 11) is 1.63. The summed E-state index contributed by atoms with van der Waals surface area (Å²) in [6.45, 7) is 4.06. The number of nitrogens with one attached hydrogen (secondary N) is 1. The second-order valence-electron chi connectivity index (χ2n) is 4.68. The Morgan fingerprint density at radius 3 is 2.65 bits per heavy atom. The quantitative estimate of drug-likeness (QED) is 0.790. The lowest BCUT2D eigenvalue weighted by Gasteiger charge is -2.12. The van der Waals surface area contributed by atoms with E-state index in [1.807, 2.05) is 18.2 Å². The maximum atomic E-state index is 6.22. The molecule has 2 rings (SSSR count). The molecule has 0 atom stereocenters. The highest BCUT2D eigenvalue weighted by atomic mass is 35.5. The maximum absolute atomic E-state index is 6.22. The third-order valence-corrected chi connectivity index (χ3v) is 3.52. The zero-order valence-corrected chi connectivity index (χ0v) is 12.7. The molecular formula is C17H20ClNO. The second-order valence-corrected chi connectivity index (χ2v) is 5.09. The van der Waals surface area contributed by atoms with E-state index in [4.69, 9.17) is 16.3 Å². The van der Waals surface area contributed by atoms with Gasteiger partial charge in [-0.1, -0.05) is 48.9 Å². The Morgan fingerprint density at radius 1 is 1.15 bits per heavy atom. The van der Waals surface area contributed by atoms with Crippen LogP contribution in [0, 0.1) is 0 Å². The van der Waals surface area contributed by atoms with Crippen molar-refractivity contribution in [1.29, 1.82) is 0 Å². The number of methoxy groups -OCH3 is 1. The van der Waals surface area contributed by atoms with Gasteiger partial charge < -0.3 is 10.1 Å². The van der Waals surface area contributed by atoms with E-state index in [2.05, 4.69) is 36.5 Å². The van der Waals surface area contributed by atoms with Gasteiger partial charge in [-0.25, -0.2) is 0 Å². The number of hydrogen-bond donors (Lipinski definition) is 1. The van der Waals surface area contributed by atoms with E-state index in [1.54, 1.807) is 7.11 Å². The van der Waals surface area contributed by atoms with E-state index >= 15 is 0 Å². The number of hydrogen-bond acceptors (Lipinski definition) is 2. The fourth-order valence-electron chi connectivity index (χ4n) is 2.19. The van der Waals surface area contributed by atoms with E-state index in [9.17, 15) is 0 Å². The topological polar surface area (TPSA) is 21.3 Å². The standard InChI is InChI=1S/C17H20ClNO/c1-3-10-19-12-14-6-4-5-7-15(14)13-8-9-17(20-2)16(18)11-13/h4-9,11,19H,3,10,12H2,1-2H3. The van der Waals surface area contributed by atoms with Crippen LogP contribution in [-0.2, 0) is 6.54 Å². The predicted molar refractivity (Wildman–Crippen MR) is 85.4 cm³/mol. The summed E-state index contributed by atoms with van der Waals surface area (Å²) in [6, 6.07) is 14.3. The van der Waals surface area contributed by atoms with Crippen molar-refractivity contribution in [3.8, 4) is 16.9 Å². The predicted octanol–water partition coefficient (Wildman–Crippen LogP) is 4.52. The molecule has 3 heteroatoms. The molecule has 0 aliphatic rings. The molecule has 1 N–H and O–H groups in total. The van der Waals surface area contributed by atoms with Crippen molar-refractivity contribution >= 4 is 11.6 Å². The van der Waals surface area contributed by atoms with Gasteiger partial charge in [0.1, 0.15) is 5.75 Å². The van der Waals surface area contributed by atoms with Crippen molar-refractivity contribution in [2.45, 2.75) is 19.9 Å². The first kappa shape index (κ1) is 14.9. The summed E-state index contributed by atoms with van der Waals surface area (Å²) >= 11 is 6.22. The summed E-state index contributed by atoms with van der Waals surface area (Å²) in [6.07, 6.45) is 1.14. The van der Waals surface area contributed by atoms with Crippen molar-refractivity contribution in [2.75, 3.05) is 13.7 Å². The highest BCUT2D eigenvalue weighted by molar-refractivity contribution is 6.32. The van der Waals surface area contributed by atoms with Gasteiger partial charge in [-0.15, -0.1) is 0 Å². The molecule has 2 nitrogen and oxygen atoms in total. The number of rotatable bonds is 6. The normalized spacial score (nSPS) is 10.6. The molecule has 0 bridgehead atoms. The fraction of sp³-hybridized carbons (Fsp3) is 0.294. The summed E-state index contributed by atoms with van der Waals surface area (Å²) in [4.78, 5) is 0. The molecule has 0 radical (unpaired) electrons. The highest BCUT2D eigenvalue weighted by Crippen LogP contribution is 2.31. The van der Waals surface area contributed by atoms with E-state index in [0.717, 1.165) is 25.1 Å². The third-order valence-electron chi connectivity index (χ3n) is 3.22. The summed E-state index contributed by atoms with van der Waals surface area (Å²) in [5.74, 6) is 0.706. The zero-order chi connectivity index (χ0) is 14.4. The Kier molecular flexibility index (Phi) is 5.45. The van der Waals surface area contributed by atoms with Crippen molar-refractivity contribution < 1.29 is 4.74 Å². The Morgan fingerprint density at radius 2 is 1.95 bits per heavy atom. The highest BCUT2D eigenvalue weighted by Gasteiger charge is 2.07. The van der Waals surface area contributed by atoms with Gasteiger partial charge in [0.15, 0.2) is 0 Å². The average molecular weight is 290 g/mol. The second kappa shape index (κ2) is 7.32.